The molecule has 2 aliphatic heterocycles. The van der Waals surface area contributed by atoms with Crippen LogP contribution in [0.5, 0.6) is 0 Å². The summed E-state index contributed by atoms with van der Waals surface area (Å²) in [7, 11) is -3.76. The molecule has 4 aromatic rings. The van der Waals surface area contributed by atoms with Crippen LogP contribution in [0.2, 0.25) is 39.3 Å². The lowest BCUT2D eigenvalue weighted by atomic mass is 9.43. The van der Waals surface area contributed by atoms with Crippen molar-refractivity contribution in [3.05, 3.63) is 71.2 Å². The third-order valence-corrected chi connectivity index (χ3v) is 24.7. The highest BCUT2D eigenvalue weighted by Crippen LogP contribution is 2.67. The molecular weight excluding hydrogens is 814 g/mol. The summed E-state index contributed by atoms with van der Waals surface area (Å²) in [5.74, 6) is 2.97. The van der Waals surface area contributed by atoms with Crippen LogP contribution in [-0.2, 0) is 31.5 Å². The van der Waals surface area contributed by atoms with Crippen LogP contribution in [0.15, 0.2) is 57.8 Å². The minimum Gasteiger partial charge on any atom is -1.00 e. The fourth-order valence-corrected chi connectivity index (χ4v) is 24.4. The van der Waals surface area contributed by atoms with E-state index in [1.54, 1.807) is 0 Å². The molecule has 0 amide bonds. The first-order chi connectivity index (χ1) is 27.9. The van der Waals surface area contributed by atoms with E-state index < -0.39 is 16.5 Å². The quantitative estimate of drug-likeness (QED) is 0.180. The normalized spacial score (nSPS) is 33.0. The lowest BCUT2D eigenvalue weighted by Gasteiger charge is -2.64. The summed E-state index contributed by atoms with van der Waals surface area (Å²) in [6.45, 7) is 33.4. The van der Waals surface area contributed by atoms with Gasteiger partial charge in [0, 0.05) is 28.7 Å². The molecule has 0 unspecified atom stereocenters. The van der Waals surface area contributed by atoms with Crippen molar-refractivity contribution in [1.29, 1.82) is 0 Å². The molecule has 8 fully saturated rings. The zero-order valence-electron chi connectivity index (χ0n) is 39.6. The average Bonchev–Trinajstić information content (AvgIpc) is 3.93. The molecule has 10 atom stereocenters. The number of hydrogen-bond acceptors (Lipinski definition) is 7. The van der Waals surface area contributed by atoms with E-state index in [1.165, 1.54) is 45.9 Å². The molecule has 13 heteroatoms. The second kappa shape index (κ2) is 15.4. The van der Waals surface area contributed by atoms with Crippen LogP contribution in [0.25, 0.3) is 21.9 Å². The molecule has 8 aliphatic rings. The van der Waals surface area contributed by atoms with E-state index in [9.17, 15) is 0 Å². The maximum Gasteiger partial charge on any atom is 0.521 e. The number of quaternary nitrogens is 1. The maximum atomic E-state index is 7.11. The van der Waals surface area contributed by atoms with Gasteiger partial charge < -0.3 is 49.8 Å². The summed E-state index contributed by atoms with van der Waals surface area (Å²) in [4.78, 5) is 0. The zero-order valence-corrected chi connectivity index (χ0v) is 42.4. The van der Waals surface area contributed by atoms with Gasteiger partial charge in [0.1, 0.15) is 33.6 Å². The van der Waals surface area contributed by atoms with Crippen LogP contribution < -0.4 is 18.1 Å². The zero-order chi connectivity index (χ0) is 43.1. The van der Waals surface area contributed by atoms with Crippen molar-refractivity contribution in [2.45, 2.75) is 168 Å². The van der Waals surface area contributed by atoms with Crippen LogP contribution >= 0.6 is 0 Å². The topological polar surface area (TPSA) is 94.1 Å². The van der Waals surface area contributed by atoms with Gasteiger partial charge in [-0.3, -0.25) is 0 Å². The average molecular weight is 887 g/mol. The third-order valence-electron chi connectivity index (χ3n) is 17.1. The molecule has 2 aromatic carbocycles. The Labute approximate surface area is 375 Å². The van der Waals surface area contributed by atoms with E-state index in [0.717, 1.165) is 48.7 Å². The number of rotatable bonds is 9. The molecule has 6 aliphatic carbocycles. The second-order valence-electron chi connectivity index (χ2n) is 23.5. The van der Waals surface area contributed by atoms with E-state index in [4.69, 9.17) is 27.5 Å². The fraction of sp³-hybridized carbons (Fsp3) is 0.667. The van der Waals surface area contributed by atoms with Gasteiger partial charge in [0.15, 0.2) is 0 Å². The van der Waals surface area contributed by atoms with Gasteiger partial charge in [0.05, 0.1) is 35.9 Å². The van der Waals surface area contributed by atoms with Crippen molar-refractivity contribution in [1.82, 2.24) is 4.23 Å². The molecule has 61 heavy (non-hydrogen) atoms. The van der Waals surface area contributed by atoms with E-state index in [-0.39, 0.29) is 61.9 Å². The van der Waals surface area contributed by atoms with Crippen molar-refractivity contribution in [2.24, 2.45) is 34.5 Å². The van der Waals surface area contributed by atoms with Gasteiger partial charge in [-0.25, -0.2) is 0 Å². The Kier molecular flexibility index (Phi) is 11.5. The van der Waals surface area contributed by atoms with Crippen LogP contribution in [0, 0.1) is 48.3 Å². The predicted molar refractivity (Wildman–Crippen MR) is 249 cm³/mol. The number of nitrogens with zero attached hydrogens (tertiary/aromatic N) is 1. The standard InChI is InChI=1S/C27H44BNO3Si2.C21H28BNO3.ClH/c1-18-12-11-13-21-19(17-30-25(18)21)14-24(29(33(5,6)7)34(8,9)10)28-31-23-16-20-15-22(26(20,2)3)27(23,4)32-28;1-12-6-5-7-15-13(11-24-19(12)15)8-18(23)22-25-17-10-14-9-16(20(14,2)3)21(17,4)26-22;/h11-13,17,20,22-24H,14-16H2,1-10H3;5-7,11,14,16-18H,8-10,23H2,1-4H3;1H/t20-,22-,23+,24-,27-;14-,16-,17+,18-,21-;/m00./s1. The first kappa shape index (κ1) is 45.7. The third kappa shape index (κ3) is 7.33. The van der Waals surface area contributed by atoms with Crippen molar-refractivity contribution in [2.75, 3.05) is 0 Å². The number of furan rings is 2. The van der Waals surface area contributed by atoms with Gasteiger partial charge in [-0.15, -0.1) is 0 Å². The summed E-state index contributed by atoms with van der Waals surface area (Å²) in [6, 6.07) is 12.8. The lowest BCUT2D eigenvalue weighted by Crippen LogP contribution is -3.00. The largest absolute Gasteiger partial charge is 1.00 e. The molecular formula is C48H73B2ClN2O6Si2. The van der Waals surface area contributed by atoms with Gasteiger partial charge >= 0.3 is 14.2 Å². The molecule has 6 saturated carbocycles. The van der Waals surface area contributed by atoms with E-state index in [0.29, 0.717) is 22.7 Å². The number of benzene rings is 2. The summed E-state index contributed by atoms with van der Waals surface area (Å²) in [5.41, 5.74) is 11.6. The summed E-state index contributed by atoms with van der Waals surface area (Å²) in [6.07, 6.45) is 10.8. The van der Waals surface area contributed by atoms with E-state index in [2.05, 4.69) is 141 Å². The van der Waals surface area contributed by atoms with E-state index >= 15 is 0 Å². The summed E-state index contributed by atoms with van der Waals surface area (Å²) >= 11 is 0. The monoisotopic (exact) mass is 886 g/mol. The summed E-state index contributed by atoms with van der Waals surface area (Å²) < 4.78 is 41.8. The Balaban J connectivity index is 0.000000171. The predicted octanol–water partition coefficient (Wildman–Crippen LogP) is 7.06. The summed E-state index contributed by atoms with van der Waals surface area (Å²) in [5, 5.41) is 2.42. The van der Waals surface area contributed by atoms with Gasteiger partial charge in [-0.05, 0) is 111 Å². The number of halogens is 1. The van der Waals surface area contributed by atoms with Crippen LogP contribution in [-0.4, -0.2) is 70.2 Å². The SMILES string of the molecule is Cc1cccc2c(C[C@@H](B3O[C@@H]4C[C@@H]5C[C@@H](C5(C)C)[C@]4(C)O3)N([Si](C)(C)C)[Si](C)(C)C)coc12.Cc1cccc2c(C[C@H]([NH3+])B3O[C@@H]4C[C@@H]5C[C@@H](C5(C)C)[C@]4(C)O3)coc12.[Cl-]. The molecule has 0 spiro atoms. The Morgan fingerprint density at radius 1 is 0.656 bits per heavy atom. The van der Waals surface area contributed by atoms with Gasteiger partial charge in [-0.2, -0.15) is 0 Å². The van der Waals surface area contributed by atoms with E-state index in [1.807, 2.05) is 12.5 Å². The second-order valence-corrected chi connectivity index (χ2v) is 33.6. The van der Waals surface area contributed by atoms with Crippen LogP contribution in [0.1, 0.15) is 89.5 Å². The van der Waals surface area contributed by atoms with Crippen molar-refractivity contribution in [3.63, 3.8) is 0 Å². The van der Waals surface area contributed by atoms with Crippen LogP contribution in [0.4, 0.5) is 0 Å². The fourth-order valence-electron chi connectivity index (χ4n) is 13.9. The van der Waals surface area contributed by atoms with Gasteiger partial charge in [0.25, 0.3) is 0 Å². The molecule has 3 N–H and O–H groups in total. The molecule has 0 radical (unpaired) electrons. The van der Waals surface area contributed by atoms with Crippen LogP contribution in [0.3, 0.4) is 0 Å². The first-order valence-corrected chi connectivity index (χ1v) is 30.0. The maximum absolute atomic E-state index is 7.11. The Bertz CT molecular complexity index is 2260. The highest BCUT2D eigenvalue weighted by atomic mass is 35.5. The molecule has 332 valence electrons. The first-order valence-electron chi connectivity index (χ1n) is 23.1. The number of aryl methyl sites for hydroxylation is 2. The minimum absolute atomic E-state index is 0. The van der Waals surface area contributed by atoms with Gasteiger partial charge in [0.2, 0.25) is 0 Å². The minimum atomic E-state index is -1.67. The van der Waals surface area contributed by atoms with Crippen molar-refractivity contribution >= 4 is 52.6 Å². The van der Waals surface area contributed by atoms with Crippen molar-refractivity contribution in [3.8, 4) is 0 Å². The number of fused-ring (bicyclic) bond motifs is 2. The Hall–Kier alpha value is -1.87. The van der Waals surface area contributed by atoms with Crippen molar-refractivity contribution < 1.29 is 45.6 Å². The molecule has 4 bridgehead atoms. The van der Waals surface area contributed by atoms with Gasteiger partial charge in [-0.1, -0.05) is 103 Å². The molecule has 4 heterocycles. The lowest BCUT2D eigenvalue weighted by molar-refractivity contribution is -0.397. The highest BCUT2D eigenvalue weighted by Gasteiger charge is 2.70. The molecule has 12 rings (SSSR count). The smallest absolute Gasteiger partial charge is 0.521 e. The molecule has 8 nitrogen and oxygen atoms in total. The Morgan fingerprint density at radius 3 is 1.52 bits per heavy atom. The number of para-hydroxylation sites is 2. The number of hydrogen-bond donors (Lipinski definition) is 1. The Morgan fingerprint density at radius 2 is 1.08 bits per heavy atom. The highest BCUT2D eigenvalue weighted by molar-refractivity contribution is 6.90. The molecule has 2 aromatic heterocycles. The molecule has 2 saturated heterocycles.